The van der Waals surface area contributed by atoms with Crippen molar-refractivity contribution in [1.29, 1.82) is 0 Å². The maximum absolute atomic E-state index is 13.8. The number of hydrogen-bond acceptors (Lipinski definition) is 4. The van der Waals surface area contributed by atoms with Gasteiger partial charge in [0.25, 0.3) is 0 Å². The van der Waals surface area contributed by atoms with E-state index in [1.807, 2.05) is 0 Å². The van der Waals surface area contributed by atoms with Crippen molar-refractivity contribution in [2.24, 2.45) is 0 Å². The Kier molecular flexibility index (Phi) is 6.79. The van der Waals surface area contributed by atoms with Gasteiger partial charge in [-0.05, 0) is 49.5 Å². The third-order valence-electron chi connectivity index (χ3n) is 4.69. The highest BCUT2D eigenvalue weighted by atomic mass is 32.1. The molecule has 2 aromatic rings. The largest absolute Gasteiger partial charge is 0.465 e. The van der Waals surface area contributed by atoms with Crippen LogP contribution in [0.2, 0.25) is 0 Å². The molecule has 7 heteroatoms. The molecule has 3 rings (SSSR count). The molecule has 1 aromatic heterocycles. The van der Waals surface area contributed by atoms with Crippen LogP contribution in [0.3, 0.4) is 0 Å². The third kappa shape index (κ3) is 4.84. The number of ether oxygens (including phenoxy) is 1. The second-order valence-corrected chi connectivity index (χ2v) is 8.03. The molecule has 144 valence electrons. The van der Waals surface area contributed by atoms with Crippen LogP contribution in [0.15, 0.2) is 24.3 Å². The zero-order valence-electron chi connectivity index (χ0n) is 15.3. The van der Waals surface area contributed by atoms with Gasteiger partial charge < -0.3 is 15.4 Å². The minimum absolute atomic E-state index is 0.275. The smallest absolute Gasteiger partial charge is 0.341 e. The Hall–Kier alpha value is -1.99. The lowest BCUT2D eigenvalue weighted by atomic mass is 9.96. The van der Waals surface area contributed by atoms with Gasteiger partial charge in [-0.3, -0.25) is 0 Å². The highest BCUT2D eigenvalue weighted by Gasteiger charge is 2.25. The summed E-state index contributed by atoms with van der Waals surface area (Å²) in [5.74, 6) is -0.616. The van der Waals surface area contributed by atoms with E-state index in [1.165, 1.54) is 30.9 Å². The summed E-state index contributed by atoms with van der Waals surface area (Å²) in [5.41, 5.74) is 2.22. The van der Waals surface area contributed by atoms with Crippen molar-refractivity contribution in [2.45, 2.75) is 45.1 Å². The number of hydrogen-bond donors (Lipinski definition) is 2. The molecule has 0 atom stereocenters. The van der Waals surface area contributed by atoms with Crippen molar-refractivity contribution in [1.82, 2.24) is 5.32 Å². The lowest BCUT2D eigenvalue weighted by Crippen LogP contribution is -2.28. The summed E-state index contributed by atoms with van der Waals surface area (Å²) in [6.45, 7) is 0.275. The van der Waals surface area contributed by atoms with Crippen molar-refractivity contribution in [3.8, 4) is 0 Å². The quantitative estimate of drug-likeness (QED) is 0.563. The first-order valence-electron chi connectivity index (χ1n) is 9.11. The molecule has 27 heavy (non-hydrogen) atoms. The van der Waals surface area contributed by atoms with E-state index in [-0.39, 0.29) is 18.3 Å². The van der Waals surface area contributed by atoms with Crippen molar-refractivity contribution < 1.29 is 13.9 Å². The van der Waals surface area contributed by atoms with Crippen molar-refractivity contribution >= 4 is 39.6 Å². The number of benzene rings is 1. The number of halogens is 1. The first-order chi connectivity index (χ1) is 13.1. The number of thiophene rings is 1. The highest BCUT2D eigenvalue weighted by molar-refractivity contribution is 7.80. The van der Waals surface area contributed by atoms with E-state index in [0.717, 1.165) is 31.2 Å². The second kappa shape index (κ2) is 9.28. The van der Waals surface area contributed by atoms with Gasteiger partial charge in [0.05, 0.1) is 12.7 Å². The van der Waals surface area contributed by atoms with Gasteiger partial charge in [-0.25, -0.2) is 9.18 Å². The lowest BCUT2D eigenvalue weighted by Gasteiger charge is -2.12. The topological polar surface area (TPSA) is 50.4 Å². The maximum atomic E-state index is 13.8. The van der Waals surface area contributed by atoms with Crippen LogP contribution in [0.25, 0.3) is 0 Å². The summed E-state index contributed by atoms with van der Waals surface area (Å²) in [7, 11) is 1.40. The van der Waals surface area contributed by atoms with Crippen LogP contribution in [0, 0.1) is 5.82 Å². The third-order valence-corrected chi connectivity index (χ3v) is 6.14. The summed E-state index contributed by atoms with van der Waals surface area (Å²) in [4.78, 5) is 13.6. The van der Waals surface area contributed by atoms with Gasteiger partial charge >= 0.3 is 5.97 Å². The van der Waals surface area contributed by atoms with Crippen LogP contribution in [-0.2, 0) is 24.1 Å². The summed E-state index contributed by atoms with van der Waals surface area (Å²) < 4.78 is 18.8. The van der Waals surface area contributed by atoms with Gasteiger partial charge in [-0.1, -0.05) is 31.0 Å². The van der Waals surface area contributed by atoms with E-state index in [1.54, 1.807) is 29.5 Å². The van der Waals surface area contributed by atoms with Gasteiger partial charge in [0.15, 0.2) is 5.11 Å². The highest BCUT2D eigenvalue weighted by Crippen LogP contribution is 2.37. The van der Waals surface area contributed by atoms with Gasteiger partial charge in [0.1, 0.15) is 10.8 Å². The molecule has 0 amide bonds. The Morgan fingerprint density at radius 1 is 1.22 bits per heavy atom. The molecule has 2 N–H and O–H groups in total. The number of aryl methyl sites for hydroxylation is 1. The molecule has 0 fully saturated rings. The maximum Gasteiger partial charge on any atom is 0.341 e. The number of anilines is 1. The van der Waals surface area contributed by atoms with E-state index in [0.29, 0.717) is 21.2 Å². The first-order valence-corrected chi connectivity index (χ1v) is 10.3. The molecule has 1 aromatic carbocycles. The van der Waals surface area contributed by atoms with Crippen LogP contribution in [0.1, 0.15) is 52.0 Å². The fourth-order valence-corrected chi connectivity index (χ4v) is 4.81. The minimum Gasteiger partial charge on any atom is -0.465 e. The number of carbonyl (C=O) groups is 1. The summed E-state index contributed by atoms with van der Waals surface area (Å²) in [6, 6.07) is 6.56. The SMILES string of the molecule is COC(=O)c1c(NC(=S)NCc2ccccc2F)sc2c1CCCCCC2. The Morgan fingerprint density at radius 2 is 1.96 bits per heavy atom. The fourth-order valence-electron chi connectivity index (χ4n) is 3.29. The van der Waals surface area contributed by atoms with Gasteiger partial charge in [-0.15, -0.1) is 11.3 Å². The minimum atomic E-state index is -0.340. The molecule has 1 aliphatic carbocycles. The zero-order chi connectivity index (χ0) is 19.2. The van der Waals surface area contributed by atoms with E-state index >= 15 is 0 Å². The number of esters is 1. The lowest BCUT2D eigenvalue weighted by molar-refractivity contribution is 0.0601. The number of nitrogens with one attached hydrogen (secondary N) is 2. The average Bonchev–Trinajstić information content (AvgIpc) is 2.96. The van der Waals surface area contributed by atoms with Crippen LogP contribution in [0.5, 0.6) is 0 Å². The Balaban J connectivity index is 1.76. The van der Waals surface area contributed by atoms with Gasteiger partial charge in [-0.2, -0.15) is 0 Å². The molecular weight excluding hydrogens is 383 g/mol. The van der Waals surface area contributed by atoms with E-state index < -0.39 is 0 Å². The van der Waals surface area contributed by atoms with E-state index in [2.05, 4.69) is 10.6 Å². The molecule has 4 nitrogen and oxygen atoms in total. The van der Waals surface area contributed by atoms with Gasteiger partial charge in [0.2, 0.25) is 0 Å². The molecule has 0 spiro atoms. The normalized spacial score (nSPS) is 13.9. The number of thiocarbonyl (C=S) groups is 1. The molecular formula is C20H23FN2O2S2. The Labute approximate surface area is 168 Å². The van der Waals surface area contributed by atoms with Gasteiger partial charge in [0, 0.05) is 17.0 Å². The average molecular weight is 407 g/mol. The Bertz CT molecular complexity index is 835. The molecule has 0 saturated heterocycles. The van der Waals surface area contributed by atoms with E-state index in [9.17, 15) is 9.18 Å². The van der Waals surface area contributed by atoms with Crippen LogP contribution < -0.4 is 10.6 Å². The van der Waals surface area contributed by atoms with Crippen LogP contribution >= 0.6 is 23.6 Å². The van der Waals surface area contributed by atoms with Crippen molar-refractivity contribution in [3.05, 3.63) is 51.7 Å². The summed E-state index contributed by atoms with van der Waals surface area (Å²) in [5, 5.41) is 7.21. The number of methoxy groups -OCH3 is 1. The predicted molar refractivity (Wildman–Crippen MR) is 111 cm³/mol. The van der Waals surface area contributed by atoms with Crippen molar-refractivity contribution in [3.63, 3.8) is 0 Å². The summed E-state index contributed by atoms with van der Waals surface area (Å²) in [6.07, 6.45) is 6.46. The predicted octanol–water partition coefficient (Wildman–Crippen LogP) is 4.82. The van der Waals surface area contributed by atoms with E-state index in [4.69, 9.17) is 17.0 Å². The molecule has 0 unspecified atom stereocenters. The van der Waals surface area contributed by atoms with Crippen LogP contribution in [-0.4, -0.2) is 18.2 Å². The van der Waals surface area contributed by atoms with Crippen molar-refractivity contribution in [2.75, 3.05) is 12.4 Å². The molecule has 1 heterocycles. The number of fused-ring (bicyclic) bond motifs is 1. The molecule has 0 aliphatic heterocycles. The monoisotopic (exact) mass is 406 g/mol. The first kappa shape index (κ1) is 19.8. The number of rotatable bonds is 4. The molecule has 0 saturated carbocycles. The number of carbonyl (C=O) groups excluding carboxylic acids is 1. The fraction of sp³-hybridized carbons (Fsp3) is 0.400. The second-order valence-electron chi connectivity index (χ2n) is 6.51. The Morgan fingerprint density at radius 3 is 2.70 bits per heavy atom. The standard InChI is InChI=1S/C20H23FN2O2S2/c1-25-19(24)17-14-9-4-2-3-5-11-16(14)27-18(17)23-20(26)22-12-13-8-6-7-10-15(13)21/h6-8,10H,2-5,9,11-12H2,1H3,(H2,22,23,26). The summed E-state index contributed by atoms with van der Waals surface area (Å²) >= 11 is 6.93. The molecule has 0 radical (unpaired) electrons. The van der Waals surface area contributed by atoms with Crippen LogP contribution in [0.4, 0.5) is 9.39 Å². The molecule has 0 bridgehead atoms. The molecule has 1 aliphatic rings. The zero-order valence-corrected chi connectivity index (χ0v) is 16.9.